The molecule has 0 spiro atoms. The molecule has 7 heteroatoms. The van der Waals surface area contributed by atoms with Crippen molar-refractivity contribution < 1.29 is 4.79 Å². The molecule has 2 heterocycles. The Hall–Kier alpha value is -2.60. The molecule has 1 amide bonds. The van der Waals surface area contributed by atoms with Crippen LogP contribution in [-0.2, 0) is 7.05 Å². The molecule has 3 aromatic rings. The average Bonchev–Trinajstić information content (AvgIpc) is 3.09. The maximum absolute atomic E-state index is 12.1. The number of nitrogens with zero attached hydrogens (tertiary/aromatic N) is 4. The zero-order chi connectivity index (χ0) is 14.8. The summed E-state index contributed by atoms with van der Waals surface area (Å²) < 4.78 is 3.17. The van der Waals surface area contributed by atoms with Gasteiger partial charge in [-0.15, -0.1) is 0 Å². The maximum Gasteiger partial charge on any atom is 0.277 e. The predicted molar refractivity (Wildman–Crippen MR) is 79.7 cm³/mol. The second-order valence-corrected chi connectivity index (χ2v) is 4.83. The van der Waals surface area contributed by atoms with Crippen molar-refractivity contribution in [2.45, 2.75) is 0 Å². The first-order valence-corrected chi connectivity index (χ1v) is 6.63. The fourth-order valence-corrected chi connectivity index (χ4v) is 2.10. The number of hydrogen-bond acceptors (Lipinski definition) is 3. The highest BCUT2D eigenvalue weighted by Crippen LogP contribution is 2.19. The Morgan fingerprint density at radius 2 is 1.95 bits per heavy atom. The molecule has 2 aromatic heterocycles. The highest BCUT2D eigenvalue weighted by molar-refractivity contribution is 6.32. The van der Waals surface area contributed by atoms with E-state index in [-0.39, 0.29) is 5.91 Å². The van der Waals surface area contributed by atoms with Gasteiger partial charge in [0, 0.05) is 25.5 Å². The van der Waals surface area contributed by atoms with Gasteiger partial charge in [-0.1, -0.05) is 23.7 Å². The molecule has 0 bridgehead atoms. The van der Waals surface area contributed by atoms with Crippen LogP contribution in [0.1, 0.15) is 10.5 Å². The molecule has 1 aromatic carbocycles. The number of hydrogen-bond donors (Lipinski definition) is 1. The van der Waals surface area contributed by atoms with Crippen molar-refractivity contribution in [1.82, 2.24) is 19.6 Å². The number of rotatable bonds is 3. The van der Waals surface area contributed by atoms with Crippen molar-refractivity contribution in [2.24, 2.45) is 7.05 Å². The molecule has 0 aliphatic rings. The third-order valence-electron chi connectivity index (χ3n) is 2.88. The number of carbonyl (C=O) groups excluding carboxylic acids is 1. The van der Waals surface area contributed by atoms with Gasteiger partial charge in [0.15, 0.2) is 11.5 Å². The standard InChI is InChI=1S/C14H12ClN5O/c1-19-8-7-13(18-19)16-14(21)11-6-9-20(17-11)12-5-3-2-4-10(12)15/h2-9H,1H3,(H,16,18,21). The van der Waals surface area contributed by atoms with Gasteiger partial charge in [0.25, 0.3) is 5.91 Å². The molecule has 0 saturated carbocycles. The van der Waals surface area contributed by atoms with Gasteiger partial charge in [0.1, 0.15) is 0 Å². The van der Waals surface area contributed by atoms with Gasteiger partial charge in [-0.2, -0.15) is 10.2 Å². The maximum atomic E-state index is 12.1. The van der Waals surface area contributed by atoms with E-state index in [0.29, 0.717) is 16.5 Å². The van der Waals surface area contributed by atoms with E-state index in [9.17, 15) is 4.79 Å². The van der Waals surface area contributed by atoms with Gasteiger partial charge < -0.3 is 5.32 Å². The summed E-state index contributed by atoms with van der Waals surface area (Å²) in [6.07, 6.45) is 3.44. The number of anilines is 1. The Kier molecular flexibility index (Phi) is 3.45. The van der Waals surface area contributed by atoms with E-state index < -0.39 is 0 Å². The Morgan fingerprint density at radius 1 is 1.14 bits per heavy atom. The fraction of sp³-hybridized carbons (Fsp3) is 0.0714. The molecule has 1 N–H and O–H groups in total. The van der Waals surface area contributed by atoms with E-state index in [1.165, 1.54) is 0 Å². The van der Waals surface area contributed by atoms with E-state index in [2.05, 4.69) is 15.5 Å². The minimum atomic E-state index is -0.320. The highest BCUT2D eigenvalue weighted by Gasteiger charge is 2.12. The molecule has 0 aliphatic heterocycles. The van der Waals surface area contributed by atoms with Crippen LogP contribution in [0.5, 0.6) is 0 Å². The minimum absolute atomic E-state index is 0.292. The number of para-hydroxylation sites is 1. The number of nitrogens with one attached hydrogen (secondary N) is 1. The van der Waals surface area contributed by atoms with Crippen LogP contribution in [0.25, 0.3) is 5.69 Å². The monoisotopic (exact) mass is 301 g/mol. The van der Waals surface area contributed by atoms with E-state index in [1.54, 1.807) is 47.0 Å². The first kappa shape index (κ1) is 13.4. The number of carbonyl (C=O) groups is 1. The van der Waals surface area contributed by atoms with Gasteiger partial charge in [-0.05, 0) is 18.2 Å². The summed E-state index contributed by atoms with van der Waals surface area (Å²) in [7, 11) is 1.78. The van der Waals surface area contributed by atoms with Crippen LogP contribution in [0.4, 0.5) is 5.82 Å². The molecule has 6 nitrogen and oxygen atoms in total. The van der Waals surface area contributed by atoms with Crippen molar-refractivity contribution in [3.8, 4) is 5.69 Å². The van der Waals surface area contributed by atoms with Gasteiger partial charge in [0.05, 0.1) is 10.7 Å². The Balaban J connectivity index is 1.82. The van der Waals surface area contributed by atoms with Crippen LogP contribution in [0.15, 0.2) is 48.8 Å². The second kappa shape index (κ2) is 5.41. The van der Waals surface area contributed by atoms with Crippen molar-refractivity contribution in [3.63, 3.8) is 0 Å². The smallest absolute Gasteiger partial charge is 0.277 e. The normalized spacial score (nSPS) is 10.6. The molecule has 0 saturated heterocycles. The first-order valence-electron chi connectivity index (χ1n) is 6.25. The molecule has 0 radical (unpaired) electrons. The molecule has 0 unspecified atom stereocenters. The van der Waals surface area contributed by atoms with E-state index in [1.807, 2.05) is 18.2 Å². The SMILES string of the molecule is Cn1ccc(NC(=O)c2ccn(-c3ccccc3Cl)n2)n1. The van der Waals surface area contributed by atoms with Crippen LogP contribution in [-0.4, -0.2) is 25.5 Å². The zero-order valence-electron chi connectivity index (χ0n) is 11.2. The summed E-state index contributed by atoms with van der Waals surface area (Å²) in [5.41, 5.74) is 1.01. The van der Waals surface area contributed by atoms with Crippen LogP contribution in [0.3, 0.4) is 0 Å². The molecule has 3 rings (SSSR count). The molecule has 0 fully saturated rings. The van der Waals surface area contributed by atoms with Crippen molar-refractivity contribution >= 4 is 23.3 Å². The molecule has 0 aliphatic carbocycles. The average molecular weight is 302 g/mol. The highest BCUT2D eigenvalue weighted by atomic mass is 35.5. The predicted octanol–water partition coefficient (Wildman–Crippen LogP) is 2.51. The van der Waals surface area contributed by atoms with Crippen molar-refractivity contribution in [3.05, 3.63) is 59.5 Å². The lowest BCUT2D eigenvalue weighted by Gasteiger charge is -2.03. The molecule has 0 atom stereocenters. The lowest BCUT2D eigenvalue weighted by Crippen LogP contribution is -2.13. The fourth-order valence-electron chi connectivity index (χ4n) is 1.88. The molecular weight excluding hydrogens is 290 g/mol. The number of aromatic nitrogens is 4. The zero-order valence-corrected chi connectivity index (χ0v) is 11.9. The van der Waals surface area contributed by atoms with Crippen LogP contribution in [0.2, 0.25) is 5.02 Å². The van der Waals surface area contributed by atoms with Gasteiger partial charge in [0.2, 0.25) is 0 Å². The Morgan fingerprint density at radius 3 is 2.67 bits per heavy atom. The van der Waals surface area contributed by atoms with Crippen LogP contribution in [0, 0.1) is 0 Å². The third kappa shape index (κ3) is 2.80. The minimum Gasteiger partial charge on any atom is -0.304 e. The summed E-state index contributed by atoms with van der Waals surface area (Å²) in [5.74, 6) is 0.161. The number of amides is 1. The lowest BCUT2D eigenvalue weighted by molar-refractivity contribution is 0.102. The lowest BCUT2D eigenvalue weighted by atomic mass is 10.3. The molecule has 21 heavy (non-hydrogen) atoms. The van der Waals surface area contributed by atoms with Crippen molar-refractivity contribution in [1.29, 1.82) is 0 Å². The number of aryl methyl sites for hydroxylation is 1. The second-order valence-electron chi connectivity index (χ2n) is 4.43. The van der Waals surface area contributed by atoms with Crippen LogP contribution >= 0.6 is 11.6 Å². The molecule has 106 valence electrons. The van der Waals surface area contributed by atoms with E-state index in [4.69, 9.17) is 11.6 Å². The number of benzene rings is 1. The van der Waals surface area contributed by atoms with Crippen LogP contribution < -0.4 is 5.32 Å². The summed E-state index contributed by atoms with van der Waals surface area (Å²) in [4.78, 5) is 12.1. The summed E-state index contributed by atoms with van der Waals surface area (Å²) in [6.45, 7) is 0. The van der Waals surface area contributed by atoms with Crippen molar-refractivity contribution in [2.75, 3.05) is 5.32 Å². The number of halogens is 1. The summed E-state index contributed by atoms with van der Waals surface area (Å²) in [6, 6.07) is 10.6. The topological polar surface area (TPSA) is 64.7 Å². The first-order chi connectivity index (χ1) is 10.1. The molecular formula is C14H12ClN5O. The quantitative estimate of drug-likeness (QED) is 0.808. The van der Waals surface area contributed by atoms with Gasteiger partial charge >= 0.3 is 0 Å². The third-order valence-corrected chi connectivity index (χ3v) is 3.20. The van der Waals surface area contributed by atoms with Gasteiger partial charge in [-0.3, -0.25) is 9.48 Å². The Labute approximate surface area is 126 Å². The van der Waals surface area contributed by atoms with E-state index in [0.717, 1.165) is 5.69 Å². The summed E-state index contributed by atoms with van der Waals surface area (Å²) in [5, 5.41) is 11.6. The van der Waals surface area contributed by atoms with E-state index >= 15 is 0 Å². The van der Waals surface area contributed by atoms with Gasteiger partial charge in [-0.25, -0.2) is 4.68 Å². The summed E-state index contributed by atoms with van der Waals surface area (Å²) >= 11 is 6.11. The largest absolute Gasteiger partial charge is 0.304 e. The Bertz CT molecular complexity index is 792.